The van der Waals surface area contributed by atoms with Crippen LogP contribution in [0.25, 0.3) is 0 Å². The summed E-state index contributed by atoms with van der Waals surface area (Å²) >= 11 is 1.65. The Morgan fingerprint density at radius 2 is 2.05 bits per heavy atom. The number of carbonyl (C=O) groups is 2. The van der Waals surface area contributed by atoms with E-state index in [-0.39, 0.29) is 17.9 Å². The van der Waals surface area contributed by atoms with Crippen LogP contribution in [0.1, 0.15) is 20.3 Å². The highest BCUT2D eigenvalue weighted by atomic mass is 32.2. The van der Waals surface area contributed by atoms with Crippen LogP contribution in [0, 0.1) is 0 Å². The molecule has 0 N–H and O–H groups in total. The van der Waals surface area contributed by atoms with Gasteiger partial charge in [0, 0.05) is 24.4 Å². The lowest BCUT2D eigenvalue weighted by Crippen LogP contribution is -2.52. The van der Waals surface area contributed by atoms with Crippen LogP contribution in [-0.4, -0.2) is 65.6 Å². The first kappa shape index (κ1) is 15.4. The number of amides is 2. The van der Waals surface area contributed by atoms with Gasteiger partial charge < -0.3 is 14.5 Å². The van der Waals surface area contributed by atoms with Crippen LogP contribution >= 0.6 is 11.8 Å². The molecular weight excluding hydrogens is 276 g/mol. The van der Waals surface area contributed by atoms with Gasteiger partial charge in [-0.25, -0.2) is 0 Å². The van der Waals surface area contributed by atoms with E-state index in [1.54, 1.807) is 16.7 Å². The highest BCUT2D eigenvalue weighted by Gasteiger charge is 2.37. The number of allylic oxidation sites excluding steroid dienone is 1. The lowest BCUT2D eigenvalue weighted by Gasteiger charge is -2.32. The first-order valence-electron chi connectivity index (χ1n) is 7.07. The number of carbonyl (C=O) groups excluding carboxylic acids is 2. The summed E-state index contributed by atoms with van der Waals surface area (Å²) in [6.07, 6.45) is 2.75. The highest BCUT2D eigenvalue weighted by Crippen LogP contribution is 2.24. The van der Waals surface area contributed by atoms with Gasteiger partial charge in [0.05, 0.1) is 19.1 Å². The van der Waals surface area contributed by atoms with Gasteiger partial charge in [-0.1, -0.05) is 13.0 Å². The van der Waals surface area contributed by atoms with Gasteiger partial charge in [-0.15, -0.1) is 11.8 Å². The van der Waals surface area contributed by atoms with E-state index >= 15 is 0 Å². The zero-order chi connectivity index (χ0) is 14.5. The van der Waals surface area contributed by atoms with Crippen LogP contribution in [0.15, 0.2) is 11.6 Å². The molecule has 0 radical (unpaired) electrons. The topological polar surface area (TPSA) is 49.9 Å². The minimum absolute atomic E-state index is 0.0107. The highest BCUT2D eigenvalue weighted by molar-refractivity contribution is 7.99. The number of hydrogen-bond donors (Lipinski definition) is 0. The number of thioether (sulfide) groups is 1. The van der Waals surface area contributed by atoms with E-state index in [9.17, 15) is 9.59 Å². The van der Waals surface area contributed by atoms with Gasteiger partial charge in [-0.2, -0.15) is 0 Å². The molecule has 6 heteroatoms. The predicted octanol–water partition coefficient (Wildman–Crippen LogP) is 1.10. The number of ether oxygens (including phenoxy) is 1. The number of nitrogens with zero attached hydrogens (tertiary/aromatic N) is 2. The molecular formula is C14H22N2O3S. The summed E-state index contributed by atoms with van der Waals surface area (Å²) in [4.78, 5) is 28.5. The number of rotatable bonds is 3. The van der Waals surface area contributed by atoms with Gasteiger partial charge >= 0.3 is 0 Å². The van der Waals surface area contributed by atoms with Crippen molar-refractivity contribution in [2.24, 2.45) is 0 Å². The molecule has 2 aliphatic rings. The molecule has 20 heavy (non-hydrogen) atoms. The van der Waals surface area contributed by atoms with Gasteiger partial charge in [0.1, 0.15) is 6.04 Å². The van der Waals surface area contributed by atoms with Crippen molar-refractivity contribution < 1.29 is 14.3 Å². The summed E-state index contributed by atoms with van der Waals surface area (Å²) in [5, 5.41) is 0. The Kier molecular flexibility index (Phi) is 5.48. The predicted molar refractivity (Wildman–Crippen MR) is 79.4 cm³/mol. The van der Waals surface area contributed by atoms with Crippen molar-refractivity contribution in [3.05, 3.63) is 11.6 Å². The zero-order valence-corrected chi connectivity index (χ0v) is 12.9. The van der Waals surface area contributed by atoms with Crippen molar-refractivity contribution >= 4 is 23.6 Å². The summed E-state index contributed by atoms with van der Waals surface area (Å²) in [6, 6.07) is -0.314. The van der Waals surface area contributed by atoms with Crippen molar-refractivity contribution in [1.82, 2.24) is 9.80 Å². The molecule has 0 aromatic heterocycles. The fourth-order valence-corrected chi connectivity index (χ4v) is 3.61. The Morgan fingerprint density at radius 3 is 2.70 bits per heavy atom. The molecule has 0 aromatic carbocycles. The molecule has 2 heterocycles. The maximum absolute atomic E-state index is 12.5. The zero-order valence-electron chi connectivity index (χ0n) is 12.1. The van der Waals surface area contributed by atoms with E-state index in [0.29, 0.717) is 37.9 Å². The summed E-state index contributed by atoms with van der Waals surface area (Å²) in [5.41, 5.74) is 0.731. The summed E-state index contributed by atoms with van der Waals surface area (Å²) in [7, 11) is 0. The van der Waals surface area contributed by atoms with Crippen molar-refractivity contribution in [2.45, 2.75) is 26.3 Å². The third-order valence-corrected chi connectivity index (χ3v) is 4.61. The molecule has 2 rings (SSSR count). The average Bonchev–Trinajstić information content (AvgIpc) is 2.96. The van der Waals surface area contributed by atoms with Gasteiger partial charge in [-0.3, -0.25) is 9.59 Å². The van der Waals surface area contributed by atoms with Crippen LogP contribution in [-0.2, 0) is 14.3 Å². The fraction of sp³-hybridized carbons (Fsp3) is 0.714. The smallest absolute Gasteiger partial charge is 0.250 e. The third kappa shape index (κ3) is 3.35. The van der Waals surface area contributed by atoms with Crippen molar-refractivity contribution in [1.29, 1.82) is 0 Å². The SMILES string of the molecule is CC/C=C(/C)C(=O)N1CSC[C@H]1C(=O)N1CCOCC1. The van der Waals surface area contributed by atoms with Crippen molar-refractivity contribution in [2.75, 3.05) is 37.9 Å². The van der Waals surface area contributed by atoms with E-state index < -0.39 is 0 Å². The van der Waals surface area contributed by atoms with Gasteiger partial charge in [-0.05, 0) is 13.3 Å². The summed E-state index contributed by atoms with van der Waals surface area (Å²) in [5.74, 6) is 1.36. The molecule has 5 nitrogen and oxygen atoms in total. The second-order valence-corrected chi connectivity index (χ2v) is 6.02. The molecule has 112 valence electrons. The van der Waals surface area contributed by atoms with Crippen LogP contribution in [0.2, 0.25) is 0 Å². The van der Waals surface area contributed by atoms with E-state index in [1.165, 1.54) is 0 Å². The van der Waals surface area contributed by atoms with Crippen LogP contribution in [0.3, 0.4) is 0 Å². The monoisotopic (exact) mass is 298 g/mol. The molecule has 2 aliphatic heterocycles. The Labute approximate surface area is 124 Å². The van der Waals surface area contributed by atoms with E-state index in [4.69, 9.17) is 4.74 Å². The number of morpholine rings is 1. The molecule has 0 bridgehead atoms. The first-order valence-corrected chi connectivity index (χ1v) is 8.22. The molecule has 1 atom stereocenters. The molecule has 2 fully saturated rings. The minimum atomic E-state index is -0.314. The first-order chi connectivity index (χ1) is 9.65. The maximum Gasteiger partial charge on any atom is 0.250 e. The van der Waals surface area contributed by atoms with Crippen LogP contribution in [0.5, 0.6) is 0 Å². The van der Waals surface area contributed by atoms with E-state index in [0.717, 1.165) is 12.0 Å². The second kappa shape index (κ2) is 7.13. The van der Waals surface area contributed by atoms with Gasteiger partial charge in [0.15, 0.2) is 0 Å². The second-order valence-electron chi connectivity index (χ2n) is 5.02. The van der Waals surface area contributed by atoms with Crippen LogP contribution in [0.4, 0.5) is 0 Å². The summed E-state index contributed by atoms with van der Waals surface area (Å²) in [6.45, 7) is 6.28. The Hall–Kier alpha value is -1.01. The molecule has 0 unspecified atom stereocenters. The Balaban J connectivity index is 2.04. The van der Waals surface area contributed by atoms with Crippen molar-refractivity contribution in [3.8, 4) is 0 Å². The minimum Gasteiger partial charge on any atom is -0.378 e. The average molecular weight is 298 g/mol. The number of hydrogen-bond acceptors (Lipinski definition) is 4. The molecule has 2 saturated heterocycles. The quantitative estimate of drug-likeness (QED) is 0.732. The fourth-order valence-electron chi connectivity index (χ4n) is 2.46. The maximum atomic E-state index is 12.5. The largest absolute Gasteiger partial charge is 0.378 e. The molecule has 0 spiro atoms. The van der Waals surface area contributed by atoms with Gasteiger partial charge in [0.2, 0.25) is 5.91 Å². The molecule has 2 amide bonds. The molecule has 0 saturated carbocycles. The van der Waals surface area contributed by atoms with E-state index in [1.807, 2.05) is 24.8 Å². The standard InChI is InChI=1S/C14H22N2O3S/c1-3-4-11(2)13(17)16-10-20-9-12(16)14(18)15-5-7-19-8-6-15/h4,12H,3,5-10H2,1-2H3/b11-4-/t12-/m0/s1. The summed E-state index contributed by atoms with van der Waals surface area (Å²) < 4.78 is 5.27. The normalized spacial score (nSPS) is 24.1. The van der Waals surface area contributed by atoms with Gasteiger partial charge in [0.25, 0.3) is 5.91 Å². The van der Waals surface area contributed by atoms with E-state index in [2.05, 4.69) is 0 Å². The lowest BCUT2D eigenvalue weighted by molar-refractivity contribution is -0.144. The van der Waals surface area contributed by atoms with Crippen LogP contribution < -0.4 is 0 Å². The lowest BCUT2D eigenvalue weighted by atomic mass is 10.1. The third-order valence-electron chi connectivity index (χ3n) is 3.60. The molecule has 0 aliphatic carbocycles. The Morgan fingerprint density at radius 1 is 1.35 bits per heavy atom. The molecule has 0 aromatic rings. The van der Waals surface area contributed by atoms with Crippen molar-refractivity contribution in [3.63, 3.8) is 0 Å². The Bertz CT molecular complexity index is 405.